The van der Waals surface area contributed by atoms with Gasteiger partial charge in [0.1, 0.15) is 18.3 Å². The molecule has 1 aliphatic rings. The first-order valence-corrected chi connectivity index (χ1v) is 7.65. The highest BCUT2D eigenvalue weighted by Crippen LogP contribution is 2.25. The van der Waals surface area contributed by atoms with E-state index in [0.717, 1.165) is 11.3 Å². The number of urea groups is 1. The van der Waals surface area contributed by atoms with Gasteiger partial charge in [0.05, 0.1) is 18.4 Å². The highest BCUT2D eigenvalue weighted by molar-refractivity contribution is 6.18. The SMILES string of the molecule is CCCCN(C(=O)N(CCCl)N=O)[C@@H]1O[C@H](CO)[C@@H](O)[C@H]1O. The second-order valence-electron chi connectivity index (χ2n) is 4.95. The van der Waals surface area contributed by atoms with Crippen molar-refractivity contribution >= 4 is 17.6 Å². The van der Waals surface area contributed by atoms with E-state index in [1.54, 1.807) is 0 Å². The van der Waals surface area contributed by atoms with Gasteiger partial charge in [-0.2, -0.15) is 5.01 Å². The Kier molecular flexibility index (Phi) is 7.97. The Morgan fingerprint density at radius 2 is 2.00 bits per heavy atom. The van der Waals surface area contributed by atoms with Gasteiger partial charge in [-0.3, -0.25) is 4.90 Å². The lowest BCUT2D eigenvalue weighted by molar-refractivity contribution is -0.0836. The van der Waals surface area contributed by atoms with E-state index in [9.17, 15) is 19.9 Å². The Hall–Kier alpha value is -1.00. The number of rotatable bonds is 8. The average Bonchev–Trinajstić information content (AvgIpc) is 2.81. The second kappa shape index (κ2) is 9.21. The number of halogens is 1. The van der Waals surface area contributed by atoms with E-state index >= 15 is 0 Å². The average molecular weight is 340 g/mol. The third-order valence-corrected chi connectivity index (χ3v) is 3.61. The van der Waals surface area contributed by atoms with Crippen LogP contribution in [0.3, 0.4) is 0 Å². The zero-order valence-corrected chi connectivity index (χ0v) is 13.1. The van der Waals surface area contributed by atoms with Gasteiger partial charge in [-0.1, -0.05) is 13.3 Å². The summed E-state index contributed by atoms with van der Waals surface area (Å²) in [4.78, 5) is 24.3. The number of hydrogen-bond acceptors (Lipinski definition) is 7. The van der Waals surface area contributed by atoms with Crippen molar-refractivity contribution in [1.82, 2.24) is 9.91 Å². The summed E-state index contributed by atoms with van der Waals surface area (Å²) >= 11 is 5.52. The third-order valence-electron chi connectivity index (χ3n) is 3.44. The van der Waals surface area contributed by atoms with E-state index < -0.39 is 37.2 Å². The fourth-order valence-corrected chi connectivity index (χ4v) is 2.36. The van der Waals surface area contributed by atoms with Crippen molar-refractivity contribution in [2.45, 2.75) is 44.3 Å². The molecule has 0 aromatic rings. The lowest BCUT2D eigenvalue weighted by atomic mass is 10.1. The number of carbonyl (C=O) groups excluding carboxylic acids is 1. The molecule has 1 aliphatic heterocycles. The van der Waals surface area contributed by atoms with Crippen LogP contribution in [0, 0.1) is 4.91 Å². The normalized spacial score (nSPS) is 27.7. The quantitative estimate of drug-likeness (QED) is 0.321. The number of aliphatic hydroxyl groups is 3. The minimum atomic E-state index is -1.39. The molecule has 1 saturated heterocycles. The molecule has 0 aliphatic carbocycles. The summed E-state index contributed by atoms with van der Waals surface area (Å²) in [6.45, 7) is 1.54. The molecular formula is C12H22ClN3O6. The minimum absolute atomic E-state index is 0.0229. The van der Waals surface area contributed by atoms with Crippen LogP contribution in [0.2, 0.25) is 0 Å². The minimum Gasteiger partial charge on any atom is -0.394 e. The van der Waals surface area contributed by atoms with Crippen molar-refractivity contribution in [1.29, 1.82) is 0 Å². The van der Waals surface area contributed by atoms with Gasteiger partial charge in [0, 0.05) is 12.4 Å². The van der Waals surface area contributed by atoms with Gasteiger partial charge in [0.25, 0.3) is 0 Å². The second-order valence-corrected chi connectivity index (χ2v) is 5.33. The summed E-state index contributed by atoms with van der Waals surface area (Å²) in [6.07, 6.45) is -3.50. The molecule has 0 spiro atoms. The van der Waals surface area contributed by atoms with Crippen molar-refractivity contribution in [3.8, 4) is 0 Å². The molecule has 2 amide bonds. The standard InChI is InChI=1S/C12H22ClN3O6/c1-2-3-5-15(12(20)16(14-21)6-4-13)11-10(19)9(18)8(7-17)22-11/h8-11,17-19H,2-7H2,1H3/t8-,9-,10-,11-/m1/s1. The van der Waals surface area contributed by atoms with Crippen LogP contribution in [0.15, 0.2) is 5.29 Å². The van der Waals surface area contributed by atoms with Gasteiger partial charge in [-0.25, -0.2) is 4.79 Å². The lowest BCUT2D eigenvalue weighted by Gasteiger charge is -2.32. The maximum Gasteiger partial charge on any atom is 0.345 e. The molecule has 0 saturated carbocycles. The van der Waals surface area contributed by atoms with Gasteiger partial charge >= 0.3 is 6.03 Å². The Bertz CT molecular complexity index is 375. The molecule has 0 bridgehead atoms. The number of nitroso groups, excluding NO2 is 1. The van der Waals surface area contributed by atoms with Crippen LogP contribution in [0.1, 0.15) is 19.8 Å². The van der Waals surface area contributed by atoms with Crippen LogP contribution >= 0.6 is 11.6 Å². The molecule has 3 N–H and O–H groups in total. The molecule has 0 radical (unpaired) electrons. The van der Waals surface area contributed by atoms with Gasteiger partial charge in [-0.05, 0) is 6.42 Å². The van der Waals surface area contributed by atoms with Crippen LogP contribution in [0.4, 0.5) is 4.79 Å². The van der Waals surface area contributed by atoms with Gasteiger partial charge in [-0.15, -0.1) is 16.5 Å². The molecule has 1 rings (SSSR count). The maximum atomic E-state index is 12.4. The number of aliphatic hydroxyl groups excluding tert-OH is 3. The van der Waals surface area contributed by atoms with Crippen LogP contribution in [-0.2, 0) is 4.74 Å². The Balaban J connectivity index is 2.92. The number of nitrogens with zero attached hydrogens (tertiary/aromatic N) is 3. The van der Waals surface area contributed by atoms with E-state index in [1.807, 2.05) is 6.92 Å². The van der Waals surface area contributed by atoms with Gasteiger partial charge in [0.2, 0.25) is 0 Å². The zero-order valence-electron chi connectivity index (χ0n) is 12.3. The van der Waals surface area contributed by atoms with Crippen molar-refractivity contribution in [2.24, 2.45) is 5.29 Å². The van der Waals surface area contributed by atoms with E-state index in [-0.39, 0.29) is 19.0 Å². The molecule has 22 heavy (non-hydrogen) atoms. The van der Waals surface area contributed by atoms with Crippen LogP contribution in [0.5, 0.6) is 0 Å². The van der Waals surface area contributed by atoms with Crippen LogP contribution in [0.25, 0.3) is 0 Å². The first-order chi connectivity index (χ1) is 10.5. The van der Waals surface area contributed by atoms with Crippen molar-refractivity contribution in [2.75, 3.05) is 25.6 Å². The molecule has 0 unspecified atom stereocenters. The molecule has 0 aromatic heterocycles. The molecule has 1 heterocycles. The fourth-order valence-electron chi connectivity index (χ4n) is 2.20. The monoisotopic (exact) mass is 339 g/mol. The molecule has 1 fully saturated rings. The summed E-state index contributed by atoms with van der Waals surface area (Å²) in [6, 6.07) is -0.765. The largest absolute Gasteiger partial charge is 0.394 e. The van der Waals surface area contributed by atoms with E-state index in [1.165, 1.54) is 0 Å². The third kappa shape index (κ3) is 4.26. The number of ether oxygens (including phenoxy) is 1. The van der Waals surface area contributed by atoms with Gasteiger partial charge < -0.3 is 20.1 Å². The topological polar surface area (TPSA) is 123 Å². The molecule has 9 nitrogen and oxygen atoms in total. The van der Waals surface area contributed by atoms with E-state index in [4.69, 9.17) is 21.4 Å². The Morgan fingerprint density at radius 1 is 1.32 bits per heavy atom. The van der Waals surface area contributed by atoms with E-state index in [2.05, 4.69) is 5.29 Å². The number of amides is 2. The predicted molar refractivity (Wildman–Crippen MR) is 78.0 cm³/mol. The summed E-state index contributed by atoms with van der Waals surface area (Å²) in [7, 11) is 0. The number of unbranched alkanes of at least 4 members (excludes halogenated alkanes) is 1. The number of alkyl halides is 1. The van der Waals surface area contributed by atoms with Crippen LogP contribution in [-0.4, -0.2) is 81.4 Å². The smallest absolute Gasteiger partial charge is 0.345 e. The highest BCUT2D eigenvalue weighted by Gasteiger charge is 2.47. The highest BCUT2D eigenvalue weighted by atomic mass is 35.5. The summed E-state index contributed by atoms with van der Waals surface area (Å²) in [5.74, 6) is 0.0229. The molecular weight excluding hydrogens is 318 g/mol. The molecule has 0 aromatic carbocycles. The molecule has 10 heteroatoms. The van der Waals surface area contributed by atoms with Crippen LogP contribution < -0.4 is 0 Å². The van der Waals surface area contributed by atoms with Gasteiger partial charge in [0.15, 0.2) is 6.23 Å². The maximum absolute atomic E-state index is 12.4. The van der Waals surface area contributed by atoms with Crippen molar-refractivity contribution < 1.29 is 24.9 Å². The number of carbonyl (C=O) groups is 1. The predicted octanol–water partition coefficient (Wildman–Crippen LogP) is -0.130. The zero-order chi connectivity index (χ0) is 16.7. The first kappa shape index (κ1) is 19.0. The summed E-state index contributed by atoms with van der Waals surface area (Å²) in [5, 5.41) is 32.2. The first-order valence-electron chi connectivity index (χ1n) is 7.11. The van der Waals surface area contributed by atoms with Crippen molar-refractivity contribution in [3.63, 3.8) is 0 Å². The molecule has 128 valence electrons. The molecule has 4 atom stereocenters. The summed E-state index contributed by atoms with van der Waals surface area (Å²) in [5.41, 5.74) is 0. The number of hydrogen-bond donors (Lipinski definition) is 3. The summed E-state index contributed by atoms with van der Waals surface area (Å²) < 4.78 is 5.34. The lowest BCUT2D eigenvalue weighted by Crippen LogP contribution is -2.51. The Labute approximate surface area is 133 Å². The fraction of sp³-hybridized carbons (Fsp3) is 0.917. The van der Waals surface area contributed by atoms with Crippen molar-refractivity contribution in [3.05, 3.63) is 4.91 Å². The van der Waals surface area contributed by atoms with E-state index in [0.29, 0.717) is 11.4 Å². The Morgan fingerprint density at radius 3 is 2.45 bits per heavy atom.